The average molecular weight is 395 g/mol. The highest BCUT2D eigenvalue weighted by Gasteiger charge is 2.35. The number of imide groups is 1. The van der Waals surface area contributed by atoms with Crippen LogP contribution >= 0.6 is 0 Å². The van der Waals surface area contributed by atoms with Crippen LogP contribution in [0, 0.1) is 11.8 Å². The fourth-order valence-corrected chi connectivity index (χ4v) is 3.29. The number of nitrogens with zero attached hydrogens (tertiary/aromatic N) is 1. The highest BCUT2D eigenvalue weighted by Crippen LogP contribution is 2.30. The van der Waals surface area contributed by atoms with Crippen LogP contribution in [-0.2, 0) is 17.4 Å². The zero-order valence-electron chi connectivity index (χ0n) is 10.6. The first-order chi connectivity index (χ1) is 9.47. The molecule has 1 saturated carbocycles. The Morgan fingerprint density at radius 2 is 1.75 bits per heavy atom. The Morgan fingerprint density at radius 3 is 2.25 bits per heavy atom. The molecule has 0 saturated heterocycles. The second-order valence-corrected chi connectivity index (χ2v) is 6.44. The van der Waals surface area contributed by atoms with Crippen LogP contribution in [0.5, 0.6) is 0 Å². The van der Waals surface area contributed by atoms with E-state index in [2.05, 4.69) is 3.07 Å². The lowest BCUT2D eigenvalue weighted by Gasteiger charge is -2.28. The van der Waals surface area contributed by atoms with Crippen molar-refractivity contribution in [1.29, 1.82) is 0 Å². The van der Waals surface area contributed by atoms with Crippen molar-refractivity contribution in [2.75, 3.05) is 6.54 Å². The summed E-state index contributed by atoms with van der Waals surface area (Å²) in [5.41, 5.74) is 0. The molecule has 0 spiro atoms. The van der Waals surface area contributed by atoms with E-state index in [0.29, 0.717) is 32.2 Å². The molecular formula is C12H14INO6. The van der Waals surface area contributed by atoms with Gasteiger partial charge in [-0.1, -0.05) is 0 Å². The van der Waals surface area contributed by atoms with E-state index in [1.165, 1.54) is 17.1 Å². The molecule has 110 valence electrons. The van der Waals surface area contributed by atoms with Crippen LogP contribution in [0.4, 0.5) is 0 Å². The molecule has 0 atom stereocenters. The highest BCUT2D eigenvalue weighted by atomic mass is 127. The van der Waals surface area contributed by atoms with Gasteiger partial charge in [-0.05, 0) is 31.6 Å². The van der Waals surface area contributed by atoms with Crippen molar-refractivity contribution in [2.24, 2.45) is 11.8 Å². The van der Waals surface area contributed by atoms with Gasteiger partial charge in [0.25, 0.3) is 11.8 Å². The third-order valence-corrected chi connectivity index (χ3v) is 4.45. The molecule has 0 N–H and O–H groups in total. The number of hydrogen-bond acceptors (Lipinski definition) is 6. The molecule has 7 nitrogen and oxygen atoms in total. The normalized spacial score (nSPS) is 26.4. The number of hydrogen-bond donors (Lipinski definition) is 0. The van der Waals surface area contributed by atoms with Crippen molar-refractivity contribution in [3.05, 3.63) is 12.2 Å². The fourth-order valence-electron chi connectivity index (χ4n) is 2.58. The van der Waals surface area contributed by atoms with Crippen LogP contribution in [0.2, 0.25) is 0 Å². The lowest BCUT2D eigenvalue weighted by molar-refractivity contribution is -1.62. The number of amides is 2. The highest BCUT2D eigenvalue weighted by molar-refractivity contribution is 6.12. The quantitative estimate of drug-likeness (QED) is 0.350. The number of halogens is 1. The molecule has 0 aromatic rings. The zero-order chi connectivity index (χ0) is 14.7. The Morgan fingerprint density at radius 1 is 1.20 bits per heavy atom. The van der Waals surface area contributed by atoms with Gasteiger partial charge < -0.3 is 6.87 Å². The van der Waals surface area contributed by atoms with E-state index in [1.54, 1.807) is 0 Å². The van der Waals surface area contributed by atoms with Gasteiger partial charge in [-0.3, -0.25) is 14.5 Å². The third-order valence-electron chi connectivity index (χ3n) is 3.66. The summed E-state index contributed by atoms with van der Waals surface area (Å²) in [6.07, 6.45) is 4.89. The van der Waals surface area contributed by atoms with Crippen LogP contribution in [0.3, 0.4) is 0 Å². The first-order valence-corrected chi connectivity index (χ1v) is 8.93. The Hall–Kier alpha value is -1.00. The van der Waals surface area contributed by atoms with E-state index in [-0.39, 0.29) is 17.7 Å². The van der Waals surface area contributed by atoms with Crippen molar-refractivity contribution < 1.29 is 45.4 Å². The summed E-state index contributed by atoms with van der Waals surface area (Å²) in [6, 6.07) is 0. The van der Waals surface area contributed by atoms with Crippen LogP contribution in [0.25, 0.3) is 0 Å². The Kier molecular flexibility index (Phi) is 5.11. The summed E-state index contributed by atoms with van der Waals surface area (Å²) in [6.45, 7) is 0.355. The molecule has 8 heteroatoms. The molecule has 0 bridgehead atoms. The number of carbonyl (C=O) groups is 3. The molecule has 2 rings (SSSR count). The first kappa shape index (κ1) is 15.4. The van der Waals surface area contributed by atoms with Gasteiger partial charge in [-0.15, -0.1) is 3.07 Å². The molecule has 1 fully saturated rings. The minimum atomic E-state index is -3.97. The van der Waals surface area contributed by atoms with Crippen LogP contribution in [0.15, 0.2) is 12.2 Å². The summed E-state index contributed by atoms with van der Waals surface area (Å²) in [5.74, 6) is -1.51. The maximum atomic E-state index is 11.5. The van der Waals surface area contributed by atoms with Gasteiger partial charge in [0.2, 0.25) is 0 Å². The molecule has 0 aromatic heterocycles. The number of carbonyl (C=O) groups excluding carboxylic acids is 3. The molecule has 0 unspecified atom stereocenters. The van der Waals surface area contributed by atoms with Crippen molar-refractivity contribution in [3.63, 3.8) is 0 Å². The summed E-state index contributed by atoms with van der Waals surface area (Å²) < 4.78 is 25.1. The Bertz CT molecular complexity index is 423. The number of rotatable bonds is 4. The Labute approximate surface area is 124 Å². The predicted molar refractivity (Wildman–Crippen MR) is 57.4 cm³/mol. The lowest BCUT2D eigenvalue weighted by atomic mass is 9.82. The Balaban J connectivity index is 1.78. The minimum absolute atomic E-state index is 0.154. The molecule has 2 amide bonds. The van der Waals surface area contributed by atoms with E-state index in [4.69, 9.17) is 0 Å². The predicted octanol–water partition coefficient (Wildman–Crippen LogP) is -4.65. The summed E-state index contributed by atoms with van der Waals surface area (Å²) in [7, 11) is 0. The largest absolute Gasteiger partial charge is 0.574 e. The second kappa shape index (κ2) is 6.64. The molecule has 1 aliphatic carbocycles. The van der Waals surface area contributed by atoms with Gasteiger partial charge in [0.1, 0.15) is 0 Å². The van der Waals surface area contributed by atoms with Gasteiger partial charge in [0.05, 0.1) is 5.92 Å². The monoisotopic (exact) mass is 395 g/mol. The second-order valence-electron chi connectivity index (χ2n) is 4.92. The molecule has 2 aliphatic rings. The van der Waals surface area contributed by atoms with Gasteiger partial charge in [-0.2, -0.15) is 0 Å². The van der Waals surface area contributed by atoms with Gasteiger partial charge in [0.15, 0.2) is 0 Å². The summed E-state index contributed by atoms with van der Waals surface area (Å²) >= 11 is -3.97. The first-order valence-electron chi connectivity index (χ1n) is 6.28. The molecule has 20 heavy (non-hydrogen) atoms. The van der Waals surface area contributed by atoms with E-state index in [1.807, 2.05) is 0 Å². The standard InChI is InChI=1S/C12H14INO6/c15-10-5-6-11(16)14(10)7-8-1-3-9(4-2-8)12(17)20-13(18)19/h5-6,8-9H,1-4,7H2. The van der Waals surface area contributed by atoms with Crippen molar-refractivity contribution >= 4 is 17.8 Å². The van der Waals surface area contributed by atoms with E-state index in [0.717, 1.165) is 0 Å². The topological polar surface area (TPSA) is 110 Å². The zero-order valence-corrected chi connectivity index (χ0v) is 12.8. The molecule has 1 aliphatic heterocycles. The average Bonchev–Trinajstić information content (AvgIpc) is 2.70. The van der Waals surface area contributed by atoms with Crippen LogP contribution < -0.4 is 27.9 Å². The fraction of sp³-hybridized carbons (Fsp3) is 0.583. The van der Waals surface area contributed by atoms with E-state index in [9.17, 15) is 21.3 Å². The third kappa shape index (κ3) is 3.76. The van der Waals surface area contributed by atoms with Crippen molar-refractivity contribution in [1.82, 2.24) is 4.90 Å². The minimum Gasteiger partial charge on any atom is -0.385 e. The maximum Gasteiger partial charge on any atom is 0.574 e. The molecule has 0 radical (unpaired) electrons. The SMILES string of the molecule is O=C(O[I+2]([O-])[O-])C1CCC(CN2C(=O)C=CC2=O)CC1. The molecule has 1 heterocycles. The molecule has 0 aromatic carbocycles. The summed E-state index contributed by atoms with van der Waals surface area (Å²) in [4.78, 5) is 35.5. The molecular weight excluding hydrogens is 381 g/mol. The summed E-state index contributed by atoms with van der Waals surface area (Å²) in [5, 5.41) is 0. The lowest BCUT2D eigenvalue weighted by Crippen LogP contribution is -3.99. The van der Waals surface area contributed by atoms with E-state index < -0.39 is 33.0 Å². The van der Waals surface area contributed by atoms with Gasteiger partial charge in [0, 0.05) is 18.7 Å². The van der Waals surface area contributed by atoms with Crippen molar-refractivity contribution in [2.45, 2.75) is 25.7 Å². The van der Waals surface area contributed by atoms with E-state index >= 15 is 0 Å². The van der Waals surface area contributed by atoms with Crippen LogP contribution in [0.1, 0.15) is 25.7 Å². The van der Waals surface area contributed by atoms with Crippen LogP contribution in [-0.4, -0.2) is 29.2 Å². The smallest absolute Gasteiger partial charge is 0.385 e. The van der Waals surface area contributed by atoms with Gasteiger partial charge in [-0.25, -0.2) is 4.79 Å². The van der Waals surface area contributed by atoms with Gasteiger partial charge >= 0.3 is 27.0 Å². The van der Waals surface area contributed by atoms with Crippen molar-refractivity contribution in [3.8, 4) is 0 Å². The maximum absolute atomic E-state index is 11.5.